The lowest BCUT2D eigenvalue weighted by Crippen LogP contribution is -2.00. The smallest absolute Gasteiger partial charge is 0.384 e. The average molecular weight is 170 g/mol. The lowest BCUT2D eigenvalue weighted by molar-refractivity contribution is -0.136. The normalized spacial score (nSPS) is 11.2. The van der Waals surface area contributed by atoms with Crippen molar-refractivity contribution in [2.24, 2.45) is 0 Å². The molecule has 0 fully saturated rings. The summed E-state index contributed by atoms with van der Waals surface area (Å²) in [6, 6.07) is 0. The predicted molar refractivity (Wildman–Crippen MR) is 45.3 cm³/mol. The van der Waals surface area contributed by atoms with Gasteiger partial charge in [0.1, 0.15) is 0 Å². The molecule has 0 saturated carbocycles. The summed E-state index contributed by atoms with van der Waals surface area (Å²) in [5.74, 6) is 4.44. The molecule has 0 saturated heterocycles. The summed E-state index contributed by atoms with van der Waals surface area (Å²) < 4.78 is 4.57. The molecule has 0 aromatic heterocycles. The molecule has 0 heterocycles. The van der Waals surface area contributed by atoms with Gasteiger partial charge in [0.25, 0.3) is 0 Å². The van der Waals surface area contributed by atoms with Crippen LogP contribution in [0.2, 0.25) is 0 Å². The lowest BCUT2D eigenvalue weighted by atomic mass is 10.2. The van der Waals surface area contributed by atoms with Crippen molar-refractivity contribution in [1.29, 1.82) is 0 Å². The van der Waals surface area contributed by atoms with Gasteiger partial charge in [0.05, 0.1) is 12.7 Å². The van der Waals surface area contributed by atoms with Gasteiger partial charge in [-0.1, -0.05) is 5.92 Å². The van der Waals surface area contributed by atoms with Crippen molar-refractivity contribution in [1.82, 2.24) is 0 Å². The number of hydrogen-bond donors (Lipinski definition) is 1. The van der Waals surface area contributed by atoms with E-state index >= 15 is 0 Å². The SMILES string of the molecule is CCOC(=O)C#CCCC(C)O. The van der Waals surface area contributed by atoms with Crippen molar-refractivity contribution in [2.75, 3.05) is 6.61 Å². The molecule has 0 aliphatic carbocycles. The second kappa shape index (κ2) is 6.68. The van der Waals surface area contributed by atoms with Crippen LogP contribution in [0.3, 0.4) is 0 Å². The third kappa shape index (κ3) is 7.10. The maximum atomic E-state index is 10.6. The van der Waals surface area contributed by atoms with E-state index in [0.29, 0.717) is 19.4 Å². The quantitative estimate of drug-likeness (QED) is 0.385. The first-order valence-electron chi connectivity index (χ1n) is 4.00. The average Bonchev–Trinajstić information content (AvgIpc) is 1.98. The van der Waals surface area contributed by atoms with E-state index in [2.05, 4.69) is 16.6 Å². The van der Waals surface area contributed by atoms with Gasteiger partial charge < -0.3 is 9.84 Å². The predicted octanol–water partition coefficient (Wildman–Crippen LogP) is 0.714. The van der Waals surface area contributed by atoms with Gasteiger partial charge in [0.15, 0.2) is 0 Å². The topological polar surface area (TPSA) is 46.5 Å². The number of esters is 1. The van der Waals surface area contributed by atoms with Gasteiger partial charge in [-0.15, -0.1) is 0 Å². The van der Waals surface area contributed by atoms with Crippen molar-refractivity contribution >= 4 is 5.97 Å². The maximum Gasteiger partial charge on any atom is 0.384 e. The van der Waals surface area contributed by atoms with Crippen LogP contribution in [0.5, 0.6) is 0 Å². The second-order valence-electron chi connectivity index (χ2n) is 2.41. The summed E-state index contributed by atoms with van der Waals surface area (Å²) >= 11 is 0. The van der Waals surface area contributed by atoms with Gasteiger partial charge in [-0.05, 0) is 20.3 Å². The summed E-state index contributed by atoms with van der Waals surface area (Å²) in [5, 5.41) is 8.84. The van der Waals surface area contributed by atoms with E-state index in [1.54, 1.807) is 13.8 Å². The van der Waals surface area contributed by atoms with Crippen molar-refractivity contribution in [3.63, 3.8) is 0 Å². The van der Waals surface area contributed by atoms with E-state index in [9.17, 15) is 4.79 Å². The van der Waals surface area contributed by atoms with Gasteiger partial charge in [-0.2, -0.15) is 0 Å². The molecular formula is C9H14O3. The van der Waals surface area contributed by atoms with Crippen LogP contribution >= 0.6 is 0 Å². The fourth-order valence-electron chi connectivity index (χ4n) is 0.583. The molecule has 0 aromatic rings. The number of aliphatic hydroxyl groups excluding tert-OH is 1. The standard InChI is InChI=1S/C9H14O3/c1-3-12-9(11)7-5-4-6-8(2)10/h8,10H,3-4,6H2,1-2H3. The third-order valence-corrected chi connectivity index (χ3v) is 1.15. The number of hydrogen-bond acceptors (Lipinski definition) is 3. The summed E-state index contributed by atoms with van der Waals surface area (Å²) in [7, 11) is 0. The summed E-state index contributed by atoms with van der Waals surface area (Å²) in [5.41, 5.74) is 0. The molecule has 0 aliphatic rings. The van der Waals surface area contributed by atoms with E-state index in [-0.39, 0.29) is 6.10 Å². The lowest BCUT2D eigenvalue weighted by Gasteiger charge is -1.96. The largest absolute Gasteiger partial charge is 0.456 e. The van der Waals surface area contributed by atoms with Gasteiger partial charge in [-0.25, -0.2) is 4.79 Å². The Morgan fingerprint density at radius 2 is 2.33 bits per heavy atom. The van der Waals surface area contributed by atoms with Crippen LogP contribution in [0.25, 0.3) is 0 Å². The first-order valence-corrected chi connectivity index (χ1v) is 4.00. The Kier molecular flexibility index (Phi) is 6.12. The van der Waals surface area contributed by atoms with E-state index in [4.69, 9.17) is 5.11 Å². The zero-order valence-electron chi connectivity index (χ0n) is 7.46. The minimum Gasteiger partial charge on any atom is -0.456 e. The van der Waals surface area contributed by atoms with Crippen molar-refractivity contribution in [3.05, 3.63) is 0 Å². The van der Waals surface area contributed by atoms with E-state index < -0.39 is 5.97 Å². The summed E-state index contributed by atoms with van der Waals surface area (Å²) in [6.07, 6.45) is 0.754. The monoisotopic (exact) mass is 170 g/mol. The first kappa shape index (κ1) is 11.0. The first-order chi connectivity index (χ1) is 5.66. The molecule has 0 bridgehead atoms. The van der Waals surface area contributed by atoms with E-state index in [1.807, 2.05) is 0 Å². The van der Waals surface area contributed by atoms with Crippen molar-refractivity contribution in [3.8, 4) is 11.8 Å². The Labute approximate surface area is 72.7 Å². The molecular weight excluding hydrogens is 156 g/mol. The summed E-state index contributed by atoms with van der Waals surface area (Å²) in [6.45, 7) is 3.77. The maximum absolute atomic E-state index is 10.6. The Morgan fingerprint density at radius 3 is 2.83 bits per heavy atom. The second-order valence-corrected chi connectivity index (χ2v) is 2.41. The minimum absolute atomic E-state index is 0.351. The van der Waals surface area contributed by atoms with Gasteiger partial charge in [0, 0.05) is 12.3 Å². The molecule has 1 atom stereocenters. The van der Waals surface area contributed by atoms with Gasteiger partial charge >= 0.3 is 5.97 Å². The zero-order valence-corrected chi connectivity index (χ0v) is 7.46. The summed E-state index contributed by atoms with van der Waals surface area (Å²) in [4.78, 5) is 10.6. The highest BCUT2D eigenvalue weighted by molar-refractivity contribution is 5.88. The van der Waals surface area contributed by atoms with Crippen LogP contribution in [-0.4, -0.2) is 23.8 Å². The Hall–Kier alpha value is -1.01. The van der Waals surface area contributed by atoms with Crippen LogP contribution in [0.4, 0.5) is 0 Å². The van der Waals surface area contributed by atoms with E-state index in [0.717, 1.165) is 0 Å². The minimum atomic E-state index is -0.497. The van der Waals surface area contributed by atoms with Crippen LogP contribution in [0.15, 0.2) is 0 Å². The van der Waals surface area contributed by atoms with Crippen LogP contribution in [-0.2, 0) is 9.53 Å². The molecule has 3 heteroatoms. The number of aliphatic hydroxyl groups is 1. The molecule has 3 nitrogen and oxygen atoms in total. The molecule has 1 N–H and O–H groups in total. The molecule has 0 rings (SSSR count). The van der Waals surface area contributed by atoms with Crippen LogP contribution < -0.4 is 0 Å². The van der Waals surface area contributed by atoms with Gasteiger partial charge in [-0.3, -0.25) is 0 Å². The van der Waals surface area contributed by atoms with Crippen molar-refractivity contribution < 1.29 is 14.6 Å². The van der Waals surface area contributed by atoms with Crippen LogP contribution in [0, 0.1) is 11.8 Å². The van der Waals surface area contributed by atoms with Crippen LogP contribution in [0.1, 0.15) is 26.7 Å². The molecule has 0 aliphatic heterocycles. The highest BCUT2D eigenvalue weighted by Crippen LogP contribution is 1.92. The highest BCUT2D eigenvalue weighted by atomic mass is 16.5. The zero-order chi connectivity index (χ0) is 9.40. The molecule has 0 radical (unpaired) electrons. The fourth-order valence-corrected chi connectivity index (χ4v) is 0.583. The number of carbonyl (C=O) groups excluding carboxylic acids is 1. The molecule has 0 spiro atoms. The molecule has 12 heavy (non-hydrogen) atoms. The molecule has 0 aromatic carbocycles. The highest BCUT2D eigenvalue weighted by Gasteiger charge is 1.93. The Balaban J connectivity index is 3.51. The fraction of sp³-hybridized carbons (Fsp3) is 0.667. The van der Waals surface area contributed by atoms with Gasteiger partial charge in [0.2, 0.25) is 0 Å². The number of rotatable bonds is 3. The van der Waals surface area contributed by atoms with Crippen molar-refractivity contribution in [2.45, 2.75) is 32.8 Å². The van der Waals surface area contributed by atoms with E-state index in [1.165, 1.54) is 0 Å². The molecule has 1 unspecified atom stereocenters. The molecule has 68 valence electrons. The Bertz CT molecular complexity index is 186. The number of ether oxygens (including phenoxy) is 1. The Morgan fingerprint density at radius 1 is 1.67 bits per heavy atom. The number of carbonyl (C=O) groups is 1. The molecule has 0 amide bonds. The third-order valence-electron chi connectivity index (χ3n) is 1.15.